The molecule has 124 valence electrons. The van der Waals surface area contributed by atoms with Crippen LogP contribution < -0.4 is 18.5 Å². The Kier molecular flexibility index (Phi) is 6.28. The first-order valence-corrected chi connectivity index (χ1v) is 9.57. The van der Waals surface area contributed by atoms with Gasteiger partial charge in [-0.2, -0.15) is 0 Å². The number of hydrogen-bond donors (Lipinski definition) is 0. The van der Waals surface area contributed by atoms with Crippen LogP contribution in [0.2, 0.25) is 0 Å². The zero-order chi connectivity index (χ0) is 16.7. The summed E-state index contributed by atoms with van der Waals surface area (Å²) in [6.45, 7) is -0.876. The zero-order valence-electron chi connectivity index (χ0n) is 13.2. The minimum absolute atomic E-state index is 0.363. The second kappa shape index (κ2) is 8.20. The molecule has 0 aromatic heterocycles. The first-order chi connectivity index (χ1) is 11.1. The summed E-state index contributed by atoms with van der Waals surface area (Å²) in [5.74, 6) is 2.07. The van der Waals surface area contributed by atoms with Gasteiger partial charge in [0.1, 0.15) is 0 Å². The maximum atomic E-state index is 5.87. The molecule has 2 aromatic carbocycles. The molecule has 23 heavy (non-hydrogen) atoms. The van der Waals surface area contributed by atoms with Gasteiger partial charge in [-0.25, -0.2) is 0 Å². The van der Waals surface area contributed by atoms with E-state index in [0.29, 0.717) is 29.6 Å². The fraction of sp³-hybridized carbons (Fsp3) is 0.250. The molecular weight excluding hydrogens is 335 g/mol. The average molecular weight is 354 g/mol. The molecule has 0 unspecified atom stereocenters. The lowest BCUT2D eigenvalue weighted by atomic mass is 10.3. The van der Waals surface area contributed by atoms with Gasteiger partial charge >= 0.3 is 6.72 Å². The summed E-state index contributed by atoms with van der Waals surface area (Å²) >= 11 is 5.51. The molecule has 0 heterocycles. The van der Waals surface area contributed by atoms with Crippen molar-refractivity contribution in [2.45, 2.75) is 6.92 Å². The molecule has 5 nitrogen and oxygen atoms in total. The van der Waals surface area contributed by atoms with E-state index in [1.165, 1.54) is 0 Å². The Labute approximate surface area is 141 Å². The van der Waals surface area contributed by atoms with Gasteiger partial charge in [0.25, 0.3) is 0 Å². The van der Waals surface area contributed by atoms with Crippen molar-refractivity contribution in [2.24, 2.45) is 0 Å². The Morgan fingerprint density at radius 1 is 0.783 bits per heavy atom. The van der Waals surface area contributed by atoms with Crippen molar-refractivity contribution in [1.29, 1.82) is 0 Å². The van der Waals surface area contributed by atoms with Crippen molar-refractivity contribution < 1.29 is 23.0 Å². The Bertz CT molecular complexity index is 638. The van der Waals surface area contributed by atoms with Crippen LogP contribution >= 0.6 is 6.72 Å². The zero-order valence-corrected chi connectivity index (χ0v) is 14.9. The molecule has 0 fully saturated rings. The van der Waals surface area contributed by atoms with Crippen LogP contribution in [0.1, 0.15) is 6.92 Å². The van der Waals surface area contributed by atoms with E-state index in [9.17, 15) is 0 Å². The summed E-state index contributed by atoms with van der Waals surface area (Å²) in [6, 6.07) is 14.4. The molecule has 2 rings (SSSR count). The number of benzene rings is 2. The summed E-state index contributed by atoms with van der Waals surface area (Å²) < 4.78 is 27.9. The molecule has 0 radical (unpaired) electrons. The quantitative estimate of drug-likeness (QED) is 0.654. The SMILES string of the molecule is CCOP(=S)(Oc1ccccc1OC)Oc1ccccc1OC. The van der Waals surface area contributed by atoms with Crippen LogP contribution in [-0.2, 0) is 16.3 Å². The van der Waals surface area contributed by atoms with Crippen molar-refractivity contribution >= 4 is 18.5 Å². The van der Waals surface area contributed by atoms with E-state index in [-0.39, 0.29) is 0 Å². The van der Waals surface area contributed by atoms with Crippen molar-refractivity contribution in [3.63, 3.8) is 0 Å². The lowest BCUT2D eigenvalue weighted by Gasteiger charge is -2.23. The third-order valence-corrected chi connectivity index (χ3v) is 5.02. The normalized spacial score (nSPS) is 10.9. The monoisotopic (exact) mass is 354 g/mol. The van der Waals surface area contributed by atoms with E-state index >= 15 is 0 Å². The molecule has 0 atom stereocenters. The highest BCUT2D eigenvalue weighted by Gasteiger charge is 2.26. The molecule has 0 saturated heterocycles. The van der Waals surface area contributed by atoms with Crippen LogP contribution in [0.3, 0.4) is 0 Å². The summed E-state index contributed by atoms with van der Waals surface area (Å²) in [4.78, 5) is 0. The number of para-hydroxylation sites is 4. The fourth-order valence-corrected chi connectivity index (χ4v) is 3.90. The summed E-state index contributed by atoms with van der Waals surface area (Å²) in [6.07, 6.45) is 0. The summed E-state index contributed by atoms with van der Waals surface area (Å²) in [7, 11) is 3.13. The highest BCUT2D eigenvalue weighted by Crippen LogP contribution is 2.53. The predicted octanol–water partition coefficient (Wildman–Crippen LogP) is 4.42. The minimum atomic E-state index is -3.07. The summed E-state index contributed by atoms with van der Waals surface area (Å²) in [5.41, 5.74) is 0. The van der Waals surface area contributed by atoms with Crippen LogP contribution in [0.5, 0.6) is 23.0 Å². The van der Waals surface area contributed by atoms with Gasteiger partial charge < -0.3 is 18.5 Å². The third kappa shape index (κ3) is 4.61. The average Bonchev–Trinajstić information content (AvgIpc) is 2.56. The molecule has 0 aliphatic heterocycles. The standard InChI is InChI=1S/C16H19O5PS/c1-4-19-22(23,20-15-11-7-5-9-13(15)17-2)21-16-12-8-6-10-14(16)18-3/h5-12H,4H2,1-3H3. The molecule has 7 heteroatoms. The van der Waals surface area contributed by atoms with E-state index < -0.39 is 6.72 Å². The number of rotatable bonds is 8. The highest BCUT2D eigenvalue weighted by atomic mass is 32.5. The van der Waals surface area contributed by atoms with E-state index in [2.05, 4.69) is 0 Å². The molecule has 0 N–H and O–H groups in total. The molecule has 2 aromatic rings. The van der Waals surface area contributed by atoms with Gasteiger partial charge in [-0.3, -0.25) is 4.52 Å². The van der Waals surface area contributed by atoms with Crippen LogP contribution in [0.4, 0.5) is 0 Å². The smallest absolute Gasteiger partial charge is 0.435 e. The first-order valence-electron chi connectivity index (χ1n) is 7.01. The fourth-order valence-electron chi connectivity index (χ4n) is 1.86. The largest absolute Gasteiger partial charge is 0.493 e. The maximum absolute atomic E-state index is 5.87. The third-order valence-electron chi connectivity index (χ3n) is 2.85. The van der Waals surface area contributed by atoms with E-state index in [0.717, 1.165) is 0 Å². The predicted molar refractivity (Wildman–Crippen MR) is 93.2 cm³/mol. The lowest BCUT2D eigenvalue weighted by Crippen LogP contribution is -2.06. The Morgan fingerprint density at radius 3 is 1.52 bits per heavy atom. The maximum Gasteiger partial charge on any atom is 0.435 e. The van der Waals surface area contributed by atoms with Gasteiger partial charge in [0.2, 0.25) is 0 Å². The lowest BCUT2D eigenvalue weighted by molar-refractivity contribution is 0.268. The van der Waals surface area contributed by atoms with Crippen molar-refractivity contribution in [1.82, 2.24) is 0 Å². The number of ether oxygens (including phenoxy) is 2. The molecule has 0 aliphatic rings. The van der Waals surface area contributed by atoms with Gasteiger partial charge in [-0.1, -0.05) is 24.3 Å². The molecule has 0 amide bonds. The molecular formula is C16H19O5PS. The van der Waals surface area contributed by atoms with Crippen LogP contribution in [0.25, 0.3) is 0 Å². The van der Waals surface area contributed by atoms with E-state index in [1.54, 1.807) is 38.5 Å². The Morgan fingerprint density at radius 2 is 1.17 bits per heavy atom. The van der Waals surface area contributed by atoms with Gasteiger partial charge in [0.15, 0.2) is 23.0 Å². The van der Waals surface area contributed by atoms with Gasteiger partial charge in [-0.15, -0.1) is 0 Å². The summed E-state index contributed by atoms with van der Waals surface area (Å²) in [5, 5.41) is 0. The van der Waals surface area contributed by atoms with Crippen LogP contribution in [0.15, 0.2) is 48.5 Å². The van der Waals surface area contributed by atoms with E-state index in [4.69, 9.17) is 34.9 Å². The number of methoxy groups -OCH3 is 2. The van der Waals surface area contributed by atoms with Crippen molar-refractivity contribution in [2.75, 3.05) is 20.8 Å². The van der Waals surface area contributed by atoms with Crippen LogP contribution in [0, 0.1) is 0 Å². The second-order valence-electron chi connectivity index (χ2n) is 4.35. The molecule has 0 spiro atoms. The Balaban J connectivity index is 2.30. The van der Waals surface area contributed by atoms with Crippen molar-refractivity contribution in [3.05, 3.63) is 48.5 Å². The van der Waals surface area contributed by atoms with Crippen LogP contribution in [-0.4, -0.2) is 20.8 Å². The van der Waals surface area contributed by atoms with Gasteiger partial charge in [0.05, 0.1) is 20.8 Å². The highest BCUT2D eigenvalue weighted by molar-refractivity contribution is 8.07. The molecule has 0 bridgehead atoms. The minimum Gasteiger partial charge on any atom is -0.493 e. The molecule has 0 saturated carbocycles. The van der Waals surface area contributed by atoms with Gasteiger partial charge in [0, 0.05) is 11.8 Å². The Hall–Kier alpha value is -1.75. The van der Waals surface area contributed by atoms with E-state index in [1.807, 2.05) is 31.2 Å². The van der Waals surface area contributed by atoms with Crippen molar-refractivity contribution in [3.8, 4) is 23.0 Å². The van der Waals surface area contributed by atoms with Gasteiger partial charge in [-0.05, 0) is 31.2 Å². The molecule has 0 aliphatic carbocycles. The topological polar surface area (TPSA) is 46.2 Å². The second-order valence-corrected chi connectivity index (χ2v) is 7.21. The first kappa shape index (κ1) is 17.6. The number of hydrogen-bond acceptors (Lipinski definition) is 6.